The molecule has 1 fully saturated rings. The van der Waals surface area contributed by atoms with E-state index in [1.165, 1.54) is 6.33 Å². The molecule has 33 heavy (non-hydrogen) atoms. The highest BCUT2D eigenvalue weighted by atomic mass is 16.6. The summed E-state index contributed by atoms with van der Waals surface area (Å²) in [5.41, 5.74) is -0.0629. The van der Waals surface area contributed by atoms with E-state index >= 15 is 0 Å². The Bertz CT molecular complexity index is 1130. The second-order valence-corrected chi connectivity index (χ2v) is 9.05. The van der Waals surface area contributed by atoms with Crippen LogP contribution in [0.3, 0.4) is 0 Å². The third kappa shape index (κ3) is 5.07. The molecule has 0 saturated heterocycles. The minimum Gasteiger partial charge on any atom is -0.455 e. The number of hydrogen-bond donors (Lipinski definition) is 1. The number of aliphatic imine (C=N–C) groups is 1. The normalized spacial score (nSPS) is 16.9. The van der Waals surface area contributed by atoms with Crippen LogP contribution in [-0.4, -0.2) is 66.5 Å². The molecule has 0 spiro atoms. The highest BCUT2D eigenvalue weighted by Gasteiger charge is 2.32. The van der Waals surface area contributed by atoms with E-state index in [1.54, 1.807) is 23.9 Å². The van der Waals surface area contributed by atoms with Gasteiger partial charge < -0.3 is 15.0 Å². The molecule has 1 aliphatic carbocycles. The first-order chi connectivity index (χ1) is 15.7. The molecule has 174 valence electrons. The fourth-order valence-corrected chi connectivity index (χ4v) is 3.30. The van der Waals surface area contributed by atoms with Crippen molar-refractivity contribution in [2.75, 3.05) is 13.7 Å². The van der Waals surface area contributed by atoms with Crippen molar-refractivity contribution in [1.82, 2.24) is 34.9 Å². The van der Waals surface area contributed by atoms with Crippen LogP contribution in [0.25, 0.3) is 5.82 Å². The minimum absolute atomic E-state index is 0.219. The molecule has 0 aromatic carbocycles. The van der Waals surface area contributed by atoms with Crippen molar-refractivity contribution in [1.29, 1.82) is 0 Å². The van der Waals surface area contributed by atoms with Crippen molar-refractivity contribution in [3.8, 4) is 5.82 Å². The van der Waals surface area contributed by atoms with Crippen LogP contribution in [0.15, 0.2) is 29.7 Å². The van der Waals surface area contributed by atoms with Gasteiger partial charge in [0.2, 0.25) is 0 Å². The zero-order chi connectivity index (χ0) is 23.8. The maximum atomic E-state index is 12.3. The fourth-order valence-electron chi connectivity index (χ4n) is 3.30. The summed E-state index contributed by atoms with van der Waals surface area (Å²) in [6.07, 6.45) is 6.90. The minimum atomic E-state index is -0.585. The molecule has 4 rings (SSSR count). The average molecular weight is 453 g/mol. The van der Waals surface area contributed by atoms with Crippen molar-refractivity contribution in [3.05, 3.63) is 42.0 Å². The zero-order valence-corrected chi connectivity index (χ0v) is 19.4. The Balaban J connectivity index is 1.59. The molecule has 2 aromatic rings. The van der Waals surface area contributed by atoms with E-state index in [2.05, 4.69) is 20.3 Å². The summed E-state index contributed by atoms with van der Waals surface area (Å²) in [6.45, 7) is 7.71. The molecule has 0 radical (unpaired) electrons. The van der Waals surface area contributed by atoms with E-state index in [1.807, 2.05) is 38.8 Å². The van der Waals surface area contributed by atoms with Gasteiger partial charge in [0.05, 0.1) is 6.04 Å². The lowest BCUT2D eigenvalue weighted by molar-refractivity contribution is -0.146. The first-order valence-electron chi connectivity index (χ1n) is 10.9. The number of nitrogens with zero attached hydrogens (tertiary/aromatic N) is 7. The maximum absolute atomic E-state index is 12.3. The van der Waals surface area contributed by atoms with Crippen molar-refractivity contribution < 1.29 is 14.3 Å². The third-order valence-corrected chi connectivity index (χ3v) is 5.23. The average Bonchev–Trinajstić information content (AvgIpc) is 3.55. The molecule has 1 atom stereocenters. The zero-order valence-electron chi connectivity index (χ0n) is 19.4. The standard InChI is InChI=1S/C22H28N8O3/c1-13(29-9-8-15(26-12-29)21(32)33-22(2,3)4)19-27-18(14-6-7-14)28-30(19)17-10-16(20(31)23-5)24-11-25-17/h8-11,13-14H,6-7,12H2,1-5H3,(H,23,31). The summed E-state index contributed by atoms with van der Waals surface area (Å²) in [5.74, 6) is 1.47. The smallest absolute Gasteiger partial charge is 0.357 e. The predicted octanol–water partition coefficient (Wildman–Crippen LogP) is 1.92. The summed E-state index contributed by atoms with van der Waals surface area (Å²) < 4.78 is 7.06. The molecule has 3 heterocycles. The van der Waals surface area contributed by atoms with Crippen LogP contribution < -0.4 is 5.32 Å². The summed E-state index contributed by atoms with van der Waals surface area (Å²) >= 11 is 0. The van der Waals surface area contributed by atoms with Crippen molar-refractivity contribution in [2.24, 2.45) is 4.99 Å². The Morgan fingerprint density at radius 3 is 2.61 bits per heavy atom. The van der Waals surface area contributed by atoms with Crippen LogP contribution in [0.5, 0.6) is 0 Å². The van der Waals surface area contributed by atoms with Gasteiger partial charge in [-0.15, -0.1) is 5.10 Å². The topological polar surface area (TPSA) is 127 Å². The number of carbonyl (C=O) groups excluding carboxylic acids is 2. The molecule has 1 saturated carbocycles. The van der Waals surface area contributed by atoms with Gasteiger partial charge in [0, 0.05) is 25.2 Å². The van der Waals surface area contributed by atoms with Gasteiger partial charge in [-0.1, -0.05) is 0 Å². The third-order valence-electron chi connectivity index (χ3n) is 5.23. The number of aromatic nitrogens is 5. The largest absolute Gasteiger partial charge is 0.455 e. The summed E-state index contributed by atoms with van der Waals surface area (Å²) in [6, 6.07) is 1.37. The molecule has 1 unspecified atom stereocenters. The van der Waals surface area contributed by atoms with Crippen LogP contribution in [0, 0.1) is 0 Å². The quantitative estimate of drug-likeness (QED) is 0.659. The molecule has 11 nitrogen and oxygen atoms in total. The molecule has 11 heteroatoms. The van der Waals surface area contributed by atoms with Gasteiger partial charge in [0.1, 0.15) is 30.0 Å². The van der Waals surface area contributed by atoms with E-state index in [9.17, 15) is 9.59 Å². The Morgan fingerprint density at radius 2 is 2.00 bits per heavy atom. The molecule has 2 aromatic heterocycles. The van der Waals surface area contributed by atoms with Crippen LogP contribution in [0.4, 0.5) is 0 Å². The maximum Gasteiger partial charge on any atom is 0.357 e. The van der Waals surface area contributed by atoms with E-state index in [-0.39, 0.29) is 30.0 Å². The number of carbonyl (C=O) groups is 2. The van der Waals surface area contributed by atoms with E-state index in [4.69, 9.17) is 14.8 Å². The molecular weight excluding hydrogens is 424 g/mol. The predicted molar refractivity (Wildman–Crippen MR) is 120 cm³/mol. The fraction of sp³-hybridized carbons (Fsp3) is 0.500. The highest BCUT2D eigenvalue weighted by molar-refractivity contribution is 6.41. The van der Waals surface area contributed by atoms with Gasteiger partial charge in [-0.3, -0.25) is 9.79 Å². The lowest BCUT2D eigenvalue weighted by Crippen LogP contribution is -2.32. The number of hydrogen-bond acceptors (Lipinski definition) is 9. The summed E-state index contributed by atoms with van der Waals surface area (Å²) in [7, 11) is 1.55. The second-order valence-electron chi connectivity index (χ2n) is 9.05. The van der Waals surface area contributed by atoms with E-state index in [0.717, 1.165) is 18.7 Å². The Labute approximate surface area is 192 Å². The molecule has 1 amide bonds. The molecule has 1 aliphatic heterocycles. The number of amides is 1. The molecule has 0 bridgehead atoms. The molecule has 2 aliphatic rings. The van der Waals surface area contributed by atoms with Crippen LogP contribution in [0.2, 0.25) is 0 Å². The van der Waals surface area contributed by atoms with Gasteiger partial charge in [0.25, 0.3) is 5.91 Å². The monoisotopic (exact) mass is 452 g/mol. The SMILES string of the molecule is CNC(=O)c1cc(-n2nc(C3CC3)nc2C(C)N2C=CC(C(=O)OC(C)(C)C)=NC2)ncn1. The lowest BCUT2D eigenvalue weighted by atomic mass is 10.2. The van der Waals surface area contributed by atoms with Crippen molar-refractivity contribution in [3.63, 3.8) is 0 Å². The van der Waals surface area contributed by atoms with Gasteiger partial charge in [-0.2, -0.15) is 4.68 Å². The first-order valence-corrected chi connectivity index (χ1v) is 10.9. The molecule has 1 N–H and O–H groups in total. The Morgan fingerprint density at radius 1 is 1.24 bits per heavy atom. The van der Waals surface area contributed by atoms with Gasteiger partial charge >= 0.3 is 5.97 Å². The Hall–Kier alpha value is -3.63. The van der Waals surface area contributed by atoms with Crippen LogP contribution in [-0.2, 0) is 9.53 Å². The van der Waals surface area contributed by atoms with Gasteiger partial charge in [0.15, 0.2) is 17.5 Å². The van der Waals surface area contributed by atoms with Crippen molar-refractivity contribution in [2.45, 2.75) is 58.1 Å². The van der Waals surface area contributed by atoms with Crippen molar-refractivity contribution >= 4 is 17.6 Å². The summed E-state index contributed by atoms with van der Waals surface area (Å²) in [4.78, 5) is 43.8. The number of esters is 1. The second kappa shape index (κ2) is 8.72. The number of nitrogens with one attached hydrogen (secondary N) is 1. The van der Waals surface area contributed by atoms with Gasteiger partial charge in [-0.25, -0.2) is 19.7 Å². The number of rotatable bonds is 6. The van der Waals surface area contributed by atoms with E-state index < -0.39 is 11.6 Å². The van der Waals surface area contributed by atoms with E-state index in [0.29, 0.717) is 17.6 Å². The highest BCUT2D eigenvalue weighted by Crippen LogP contribution is 2.39. The Kier molecular flexibility index (Phi) is 5.96. The van der Waals surface area contributed by atoms with Crippen LogP contribution in [0.1, 0.15) is 74.6 Å². The lowest BCUT2D eigenvalue weighted by Gasteiger charge is -2.28. The van der Waals surface area contributed by atoms with Gasteiger partial charge in [-0.05, 0) is 46.6 Å². The number of ether oxygens (including phenoxy) is 1. The van der Waals surface area contributed by atoms with Crippen LogP contribution >= 0.6 is 0 Å². The first kappa shape index (κ1) is 22.6. The summed E-state index contributed by atoms with van der Waals surface area (Å²) in [5, 5.41) is 7.26. The molecular formula is C22H28N8O3.